The van der Waals surface area contributed by atoms with Crippen molar-refractivity contribution in [1.29, 1.82) is 0 Å². The number of nitrogens with zero attached hydrogens (tertiary/aromatic N) is 1. The highest BCUT2D eigenvalue weighted by molar-refractivity contribution is 6.04. The maximum atomic E-state index is 13.3. The van der Waals surface area contributed by atoms with Gasteiger partial charge in [-0.2, -0.15) is 0 Å². The van der Waals surface area contributed by atoms with E-state index in [4.69, 9.17) is 4.74 Å². The van der Waals surface area contributed by atoms with E-state index in [1.54, 1.807) is 18.0 Å². The number of carbonyl (C=O) groups is 3. The third-order valence-corrected chi connectivity index (χ3v) is 5.51. The topological polar surface area (TPSA) is 75.7 Å². The summed E-state index contributed by atoms with van der Waals surface area (Å²) in [5.41, 5.74) is 2.53. The van der Waals surface area contributed by atoms with E-state index >= 15 is 0 Å². The van der Waals surface area contributed by atoms with E-state index < -0.39 is 12.1 Å². The molecule has 0 spiro atoms. The Morgan fingerprint density at radius 3 is 2.64 bits per heavy atom. The van der Waals surface area contributed by atoms with Crippen molar-refractivity contribution in [2.75, 3.05) is 13.7 Å². The highest BCUT2D eigenvalue weighted by Crippen LogP contribution is 2.35. The predicted octanol–water partition coefficient (Wildman–Crippen LogP) is 2.53. The Balaban J connectivity index is 1.58. The van der Waals surface area contributed by atoms with Crippen molar-refractivity contribution < 1.29 is 19.1 Å². The number of Topliss-reactive ketones (excluding diaryl/α,β-unsaturated/α-hetero) is 1. The van der Waals surface area contributed by atoms with E-state index in [1.807, 2.05) is 48.5 Å². The number of carbonyl (C=O) groups excluding carboxylic acids is 3. The fourth-order valence-electron chi connectivity index (χ4n) is 4.07. The van der Waals surface area contributed by atoms with Gasteiger partial charge in [-0.15, -0.1) is 0 Å². The van der Waals surface area contributed by atoms with Gasteiger partial charge in [-0.1, -0.05) is 48.5 Å². The van der Waals surface area contributed by atoms with Crippen LogP contribution in [0.15, 0.2) is 54.6 Å². The maximum Gasteiger partial charge on any atom is 0.407 e. The van der Waals surface area contributed by atoms with Gasteiger partial charge in [-0.25, -0.2) is 4.79 Å². The smallest absolute Gasteiger partial charge is 0.407 e. The third-order valence-electron chi connectivity index (χ3n) is 5.51. The zero-order chi connectivity index (χ0) is 19.7. The lowest BCUT2D eigenvalue weighted by molar-refractivity contribution is -0.127. The Morgan fingerprint density at radius 2 is 1.93 bits per heavy atom. The molecule has 3 unspecified atom stereocenters. The second-order valence-corrected chi connectivity index (χ2v) is 7.38. The zero-order valence-corrected chi connectivity index (χ0v) is 15.6. The van der Waals surface area contributed by atoms with Gasteiger partial charge < -0.3 is 15.0 Å². The highest BCUT2D eigenvalue weighted by Gasteiger charge is 2.43. The van der Waals surface area contributed by atoms with Crippen molar-refractivity contribution in [1.82, 2.24) is 10.2 Å². The summed E-state index contributed by atoms with van der Waals surface area (Å²) in [6, 6.07) is 16.5. The van der Waals surface area contributed by atoms with Crippen LogP contribution in [-0.2, 0) is 16.0 Å². The molecule has 2 heterocycles. The molecular formula is C22H22N2O4. The van der Waals surface area contributed by atoms with E-state index in [9.17, 15) is 14.4 Å². The average Bonchev–Trinajstić information content (AvgIpc) is 3.25. The van der Waals surface area contributed by atoms with Crippen LogP contribution in [0.2, 0.25) is 0 Å². The quantitative estimate of drug-likeness (QED) is 0.812. The van der Waals surface area contributed by atoms with Crippen LogP contribution in [0.1, 0.15) is 33.8 Å². The largest absolute Gasteiger partial charge is 0.447 e. The van der Waals surface area contributed by atoms with Crippen LogP contribution in [0, 0.1) is 0 Å². The van der Waals surface area contributed by atoms with Gasteiger partial charge in [0.2, 0.25) is 5.91 Å². The lowest BCUT2D eigenvalue weighted by atomic mass is 9.87. The van der Waals surface area contributed by atoms with Crippen molar-refractivity contribution in [3.63, 3.8) is 0 Å². The number of cyclic esters (lactones) is 1. The second kappa shape index (κ2) is 7.46. The molecule has 2 aliphatic heterocycles. The van der Waals surface area contributed by atoms with Crippen molar-refractivity contribution in [3.05, 3.63) is 71.3 Å². The Kier molecular flexibility index (Phi) is 4.86. The van der Waals surface area contributed by atoms with Crippen molar-refractivity contribution in [3.8, 4) is 0 Å². The molecule has 28 heavy (non-hydrogen) atoms. The first-order valence-electron chi connectivity index (χ1n) is 9.40. The molecule has 0 aromatic heterocycles. The van der Waals surface area contributed by atoms with Crippen molar-refractivity contribution in [2.45, 2.75) is 30.8 Å². The predicted molar refractivity (Wildman–Crippen MR) is 103 cm³/mol. The van der Waals surface area contributed by atoms with Gasteiger partial charge in [-0.3, -0.25) is 9.59 Å². The van der Waals surface area contributed by atoms with Gasteiger partial charge in [0.1, 0.15) is 12.6 Å². The van der Waals surface area contributed by atoms with Gasteiger partial charge in [0.25, 0.3) is 0 Å². The molecule has 2 saturated heterocycles. The summed E-state index contributed by atoms with van der Waals surface area (Å²) >= 11 is 0. The Morgan fingerprint density at radius 1 is 1.14 bits per heavy atom. The summed E-state index contributed by atoms with van der Waals surface area (Å²) in [4.78, 5) is 38.5. The first-order valence-corrected chi connectivity index (χ1v) is 9.40. The van der Waals surface area contributed by atoms with Crippen LogP contribution >= 0.6 is 0 Å². The Labute approximate surface area is 163 Å². The van der Waals surface area contributed by atoms with E-state index in [1.165, 1.54) is 0 Å². The number of benzene rings is 2. The van der Waals surface area contributed by atoms with Crippen LogP contribution < -0.4 is 5.32 Å². The number of alkyl carbamates (subject to hydrolysis) is 1. The molecule has 2 aromatic rings. The number of ether oxygens (including phenoxy) is 1. The molecule has 1 N–H and O–H groups in total. The first-order chi connectivity index (χ1) is 13.5. The molecule has 0 bridgehead atoms. The van der Waals surface area contributed by atoms with Crippen LogP contribution in [-0.4, -0.2) is 48.4 Å². The lowest BCUT2D eigenvalue weighted by Gasteiger charge is -2.24. The van der Waals surface area contributed by atoms with Crippen LogP contribution in [0.4, 0.5) is 4.79 Å². The highest BCUT2D eigenvalue weighted by atomic mass is 16.6. The number of nitrogens with one attached hydrogen (secondary N) is 1. The van der Waals surface area contributed by atoms with Crippen LogP contribution in [0.3, 0.4) is 0 Å². The maximum absolute atomic E-state index is 13.3. The number of hydrogen-bond acceptors (Lipinski definition) is 4. The SMILES string of the molecule is CN1C(=O)CC(c2ccccc2)C1C(=O)c1cccc(CC2COC(=O)N2)c1. The van der Waals surface area contributed by atoms with Gasteiger partial charge in [0, 0.05) is 24.9 Å². The summed E-state index contributed by atoms with van der Waals surface area (Å²) < 4.78 is 4.92. The molecule has 2 aliphatic rings. The number of likely N-dealkylation sites (tertiary alicyclic amines) is 1. The molecule has 0 saturated carbocycles. The molecule has 0 aliphatic carbocycles. The fraction of sp³-hybridized carbons (Fsp3) is 0.318. The fourth-order valence-corrected chi connectivity index (χ4v) is 4.07. The van der Waals surface area contributed by atoms with E-state index in [0.717, 1.165) is 11.1 Å². The van der Waals surface area contributed by atoms with Crippen LogP contribution in [0.25, 0.3) is 0 Å². The van der Waals surface area contributed by atoms with Crippen molar-refractivity contribution in [2.24, 2.45) is 0 Å². The number of likely N-dealkylation sites (N-methyl/N-ethyl adjacent to an activating group) is 1. The number of ketones is 1. The first kappa shape index (κ1) is 18.2. The number of amides is 2. The second-order valence-electron chi connectivity index (χ2n) is 7.38. The average molecular weight is 378 g/mol. The van der Waals surface area contributed by atoms with Crippen molar-refractivity contribution >= 4 is 17.8 Å². The molecule has 2 fully saturated rings. The van der Waals surface area contributed by atoms with E-state index in [-0.39, 0.29) is 23.7 Å². The van der Waals surface area contributed by atoms with Gasteiger partial charge in [0.15, 0.2) is 5.78 Å². The van der Waals surface area contributed by atoms with Gasteiger partial charge >= 0.3 is 6.09 Å². The Hall–Kier alpha value is -3.15. The minimum atomic E-state index is -0.514. The molecule has 0 radical (unpaired) electrons. The third kappa shape index (κ3) is 3.50. The minimum absolute atomic E-state index is 0.0193. The monoisotopic (exact) mass is 378 g/mol. The standard InChI is InChI=1S/C22H22N2O4/c1-24-19(25)12-18(15-7-3-2-4-8-15)20(24)21(26)16-9-5-6-14(10-16)11-17-13-28-22(27)23-17/h2-10,17-18,20H,11-13H2,1H3,(H,23,27). The molecular weight excluding hydrogens is 356 g/mol. The van der Waals surface area contributed by atoms with E-state index in [0.29, 0.717) is 25.0 Å². The van der Waals surface area contributed by atoms with Crippen LogP contribution in [0.5, 0.6) is 0 Å². The molecule has 144 valence electrons. The molecule has 4 rings (SSSR count). The Bertz CT molecular complexity index is 912. The molecule has 2 aromatic carbocycles. The summed E-state index contributed by atoms with van der Waals surface area (Å²) in [5.74, 6) is -0.234. The summed E-state index contributed by atoms with van der Waals surface area (Å²) in [6.45, 7) is 0.326. The number of rotatable bonds is 5. The molecule has 2 amide bonds. The van der Waals surface area contributed by atoms with Gasteiger partial charge in [-0.05, 0) is 23.6 Å². The molecule has 6 heteroatoms. The summed E-state index contributed by atoms with van der Waals surface area (Å²) in [5, 5.41) is 2.75. The lowest BCUT2D eigenvalue weighted by Crippen LogP contribution is -2.38. The minimum Gasteiger partial charge on any atom is -0.447 e. The normalized spacial score (nSPS) is 24.2. The molecule has 6 nitrogen and oxygen atoms in total. The summed E-state index contributed by atoms with van der Waals surface area (Å²) in [7, 11) is 1.70. The van der Waals surface area contributed by atoms with E-state index in [2.05, 4.69) is 5.32 Å². The van der Waals surface area contributed by atoms with Gasteiger partial charge in [0.05, 0.1) is 6.04 Å². The number of hydrogen-bond donors (Lipinski definition) is 1. The zero-order valence-electron chi connectivity index (χ0n) is 15.6. The summed E-state index contributed by atoms with van der Waals surface area (Å²) in [6.07, 6.45) is 0.519. The molecule has 3 atom stereocenters.